The molecule has 1 saturated heterocycles. The highest BCUT2D eigenvalue weighted by molar-refractivity contribution is 5.47. The van der Waals surface area contributed by atoms with Gasteiger partial charge in [-0.1, -0.05) is 6.92 Å². The molecule has 1 aromatic rings. The summed E-state index contributed by atoms with van der Waals surface area (Å²) in [6, 6.07) is 1.98. The molecular formula is C14H24N4O. The Labute approximate surface area is 115 Å². The van der Waals surface area contributed by atoms with E-state index in [1.807, 2.05) is 6.07 Å². The molecule has 2 rings (SSSR count). The molecule has 0 amide bonds. The second-order valence-electron chi connectivity index (χ2n) is 4.90. The summed E-state index contributed by atoms with van der Waals surface area (Å²) in [5, 5.41) is 6.66. The van der Waals surface area contributed by atoms with Gasteiger partial charge < -0.3 is 15.4 Å². The molecule has 0 radical (unpaired) electrons. The zero-order valence-electron chi connectivity index (χ0n) is 11.9. The van der Waals surface area contributed by atoms with Gasteiger partial charge in [-0.3, -0.25) is 0 Å². The van der Waals surface area contributed by atoms with Crippen molar-refractivity contribution >= 4 is 11.6 Å². The molecule has 1 atom stereocenters. The lowest BCUT2D eigenvalue weighted by atomic mass is 10.0. The SMILES string of the molecule is CCNc1cc(NCC2CCCOC2)nc(CC)n1. The lowest BCUT2D eigenvalue weighted by Crippen LogP contribution is -2.24. The van der Waals surface area contributed by atoms with E-state index in [1.54, 1.807) is 0 Å². The predicted octanol–water partition coefficient (Wildman–Crippen LogP) is 2.31. The predicted molar refractivity (Wildman–Crippen MR) is 77.6 cm³/mol. The Morgan fingerprint density at radius 1 is 1.26 bits per heavy atom. The van der Waals surface area contributed by atoms with Crippen molar-refractivity contribution in [3.63, 3.8) is 0 Å². The number of rotatable bonds is 6. The van der Waals surface area contributed by atoms with E-state index >= 15 is 0 Å². The molecule has 5 nitrogen and oxygen atoms in total. The number of hydrogen-bond donors (Lipinski definition) is 2. The standard InChI is InChI=1S/C14H24N4O/c1-3-12-17-13(15-4-2)8-14(18-12)16-9-11-6-5-7-19-10-11/h8,11H,3-7,9-10H2,1-2H3,(H2,15,16,17,18). The Morgan fingerprint density at radius 3 is 2.68 bits per heavy atom. The smallest absolute Gasteiger partial charge is 0.132 e. The molecule has 1 aliphatic rings. The summed E-state index contributed by atoms with van der Waals surface area (Å²) in [6.45, 7) is 7.71. The van der Waals surface area contributed by atoms with Crippen molar-refractivity contribution in [3.05, 3.63) is 11.9 Å². The van der Waals surface area contributed by atoms with Crippen LogP contribution in [0.25, 0.3) is 0 Å². The van der Waals surface area contributed by atoms with Crippen molar-refractivity contribution in [3.8, 4) is 0 Å². The van der Waals surface area contributed by atoms with E-state index in [-0.39, 0.29) is 0 Å². The third-order valence-electron chi connectivity index (χ3n) is 3.27. The van der Waals surface area contributed by atoms with E-state index in [1.165, 1.54) is 12.8 Å². The van der Waals surface area contributed by atoms with E-state index in [4.69, 9.17) is 4.74 Å². The Kier molecular flexibility index (Phi) is 5.39. The molecule has 0 aliphatic carbocycles. The van der Waals surface area contributed by atoms with Crippen LogP contribution < -0.4 is 10.6 Å². The molecule has 2 N–H and O–H groups in total. The molecule has 1 aromatic heterocycles. The van der Waals surface area contributed by atoms with E-state index in [0.717, 1.165) is 50.2 Å². The Morgan fingerprint density at radius 2 is 2.05 bits per heavy atom. The topological polar surface area (TPSA) is 59.1 Å². The zero-order chi connectivity index (χ0) is 13.5. The Hall–Kier alpha value is -1.36. The third-order valence-corrected chi connectivity index (χ3v) is 3.27. The largest absolute Gasteiger partial charge is 0.381 e. The number of ether oxygens (including phenoxy) is 1. The highest BCUT2D eigenvalue weighted by atomic mass is 16.5. The van der Waals surface area contributed by atoms with Crippen LogP contribution in [0.1, 0.15) is 32.5 Å². The van der Waals surface area contributed by atoms with Gasteiger partial charge in [0, 0.05) is 32.2 Å². The molecule has 0 spiro atoms. The summed E-state index contributed by atoms with van der Waals surface area (Å²) in [5.74, 6) is 3.28. The minimum absolute atomic E-state index is 0.594. The maximum absolute atomic E-state index is 5.49. The zero-order valence-corrected chi connectivity index (χ0v) is 11.9. The number of aromatic nitrogens is 2. The van der Waals surface area contributed by atoms with Crippen molar-refractivity contribution in [2.24, 2.45) is 5.92 Å². The van der Waals surface area contributed by atoms with Gasteiger partial charge in [-0.05, 0) is 25.7 Å². The lowest BCUT2D eigenvalue weighted by Gasteiger charge is -2.22. The molecule has 1 aliphatic heterocycles. The van der Waals surface area contributed by atoms with Crippen molar-refractivity contribution in [2.75, 3.05) is 36.9 Å². The summed E-state index contributed by atoms with van der Waals surface area (Å²) >= 11 is 0. The van der Waals surface area contributed by atoms with Crippen LogP contribution in [0.2, 0.25) is 0 Å². The minimum Gasteiger partial charge on any atom is -0.381 e. The van der Waals surface area contributed by atoms with E-state index in [0.29, 0.717) is 5.92 Å². The monoisotopic (exact) mass is 264 g/mol. The van der Waals surface area contributed by atoms with Crippen molar-refractivity contribution in [1.29, 1.82) is 0 Å². The van der Waals surface area contributed by atoms with Gasteiger partial charge in [-0.2, -0.15) is 0 Å². The second-order valence-corrected chi connectivity index (χ2v) is 4.90. The van der Waals surface area contributed by atoms with Gasteiger partial charge in [0.1, 0.15) is 17.5 Å². The summed E-state index contributed by atoms with van der Waals surface area (Å²) < 4.78 is 5.49. The average Bonchev–Trinajstić information content (AvgIpc) is 2.46. The van der Waals surface area contributed by atoms with Crippen LogP contribution in [0.15, 0.2) is 6.07 Å². The van der Waals surface area contributed by atoms with Gasteiger partial charge in [0.25, 0.3) is 0 Å². The number of nitrogens with one attached hydrogen (secondary N) is 2. The van der Waals surface area contributed by atoms with Crippen molar-refractivity contribution in [2.45, 2.75) is 33.1 Å². The van der Waals surface area contributed by atoms with Crippen LogP contribution in [0, 0.1) is 5.92 Å². The van der Waals surface area contributed by atoms with Gasteiger partial charge in [0.15, 0.2) is 0 Å². The highest BCUT2D eigenvalue weighted by Crippen LogP contribution is 2.16. The van der Waals surface area contributed by atoms with Gasteiger partial charge >= 0.3 is 0 Å². The fourth-order valence-electron chi connectivity index (χ4n) is 2.23. The summed E-state index contributed by atoms with van der Waals surface area (Å²) in [6.07, 6.45) is 3.25. The van der Waals surface area contributed by atoms with Crippen molar-refractivity contribution < 1.29 is 4.74 Å². The fourth-order valence-corrected chi connectivity index (χ4v) is 2.23. The van der Waals surface area contributed by atoms with Crippen molar-refractivity contribution in [1.82, 2.24) is 9.97 Å². The quantitative estimate of drug-likeness (QED) is 0.825. The van der Waals surface area contributed by atoms with Crippen LogP contribution >= 0.6 is 0 Å². The maximum Gasteiger partial charge on any atom is 0.132 e. The molecule has 1 fully saturated rings. The van der Waals surface area contributed by atoms with Crippen LogP contribution in [0.5, 0.6) is 0 Å². The molecule has 0 saturated carbocycles. The highest BCUT2D eigenvalue weighted by Gasteiger charge is 2.14. The molecule has 0 aromatic carbocycles. The first-order valence-electron chi connectivity index (χ1n) is 7.25. The molecule has 1 unspecified atom stereocenters. The van der Waals surface area contributed by atoms with E-state index in [9.17, 15) is 0 Å². The van der Waals surface area contributed by atoms with Crippen LogP contribution in [-0.2, 0) is 11.2 Å². The van der Waals surface area contributed by atoms with Gasteiger partial charge in [-0.25, -0.2) is 9.97 Å². The second kappa shape index (κ2) is 7.28. The summed E-state index contributed by atoms with van der Waals surface area (Å²) in [4.78, 5) is 8.96. The number of hydrogen-bond acceptors (Lipinski definition) is 5. The Balaban J connectivity index is 1.95. The fraction of sp³-hybridized carbons (Fsp3) is 0.714. The molecule has 106 valence electrons. The van der Waals surface area contributed by atoms with E-state index in [2.05, 4.69) is 34.4 Å². The first kappa shape index (κ1) is 14.1. The number of nitrogens with zero attached hydrogens (tertiary/aromatic N) is 2. The first-order valence-corrected chi connectivity index (χ1v) is 7.25. The third kappa shape index (κ3) is 4.35. The molecule has 19 heavy (non-hydrogen) atoms. The van der Waals surface area contributed by atoms with Gasteiger partial charge in [0.05, 0.1) is 6.61 Å². The van der Waals surface area contributed by atoms with Crippen LogP contribution in [0.3, 0.4) is 0 Å². The molecule has 0 bridgehead atoms. The average molecular weight is 264 g/mol. The van der Waals surface area contributed by atoms with Crippen LogP contribution in [-0.4, -0.2) is 36.3 Å². The van der Waals surface area contributed by atoms with Crippen LogP contribution in [0.4, 0.5) is 11.6 Å². The number of aryl methyl sites for hydroxylation is 1. The molecule has 2 heterocycles. The lowest BCUT2D eigenvalue weighted by molar-refractivity contribution is 0.0595. The maximum atomic E-state index is 5.49. The minimum atomic E-state index is 0.594. The normalized spacial score (nSPS) is 19.2. The van der Waals surface area contributed by atoms with Gasteiger partial charge in [-0.15, -0.1) is 0 Å². The Bertz CT molecular complexity index is 391. The summed E-state index contributed by atoms with van der Waals surface area (Å²) in [7, 11) is 0. The molecular weight excluding hydrogens is 240 g/mol. The van der Waals surface area contributed by atoms with E-state index < -0.39 is 0 Å². The number of anilines is 2. The first-order chi connectivity index (χ1) is 9.31. The summed E-state index contributed by atoms with van der Waals surface area (Å²) in [5.41, 5.74) is 0. The molecule has 5 heteroatoms. The van der Waals surface area contributed by atoms with Gasteiger partial charge in [0.2, 0.25) is 0 Å².